The lowest BCUT2D eigenvalue weighted by Crippen LogP contribution is -2.33. The number of ketones is 1. The van der Waals surface area contributed by atoms with E-state index in [1.165, 1.54) is 11.8 Å². The van der Waals surface area contributed by atoms with Gasteiger partial charge in [0.1, 0.15) is 6.10 Å². The molecule has 1 aromatic rings. The molecule has 0 bridgehead atoms. The largest absolute Gasteiger partial charge is 0.442 e. The number of hydrogen-bond acceptors (Lipinski definition) is 5. The molecule has 2 amide bonds. The molecule has 0 saturated carbocycles. The number of rotatable bonds is 4. The van der Waals surface area contributed by atoms with Gasteiger partial charge < -0.3 is 15.2 Å². The number of aliphatic hydroxyl groups is 1. The summed E-state index contributed by atoms with van der Waals surface area (Å²) < 4.78 is 5.23. The summed E-state index contributed by atoms with van der Waals surface area (Å²) in [7, 11) is 0. The zero-order valence-corrected chi connectivity index (χ0v) is 12.7. The maximum Gasteiger partial charge on any atom is 0.414 e. The molecule has 0 radical (unpaired) electrons. The van der Waals surface area contributed by atoms with Crippen LogP contribution in [0.4, 0.5) is 10.5 Å². The minimum atomic E-state index is -0.469. The van der Waals surface area contributed by atoms with E-state index in [4.69, 9.17) is 4.74 Å². The first kappa shape index (κ1) is 15.5. The first-order valence-electron chi connectivity index (χ1n) is 7.50. The second kappa shape index (κ2) is 6.00. The molecule has 0 aromatic heterocycles. The number of nitrogens with one attached hydrogen (secondary N) is 1. The molecular formula is C16H18N2O5. The third kappa shape index (κ3) is 2.92. The summed E-state index contributed by atoms with van der Waals surface area (Å²) in [5.74, 6) is -0.620. The van der Waals surface area contributed by atoms with E-state index in [0.717, 1.165) is 5.56 Å². The standard InChI is InChI=1S/C16H18N2O5/c1-9(20)17-6-13-7-18(16(22)23-13)12-2-3-14-10(5-12)4-11(8-19)15(14)21/h2-3,5,11,13,19H,4,6-8H2,1H3,(H,17,20)/t11-,13+/m1/s1. The lowest BCUT2D eigenvalue weighted by atomic mass is 10.1. The Labute approximate surface area is 133 Å². The summed E-state index contributed by atoms with van der Waals surface area (Å²) in [5.41, 5.74) is 2.10. The minimum Gasteiger partial charge on any atom is -0.442 e. The van der Waals surface area contributed by atoms with Crippen molar-refractivity contribution in [3.8, 4) is 0 Å². The van der Waals surface area contributed by atoms with Gasteiger partial charge in [-0.1, -0.05) is 0 Å². The highest BCUT2D eigenvalue weighted by Gasteiger charge is 2.35. The lowest BCUT2D eigenvalue weighted by Gasteiger charge is -2.14. The monoisotopic (exact) mass is 318 g/mol. The van der Waals surface area contributed by atoms with Crippen molar-refractivity contribution in [2.75, 3.05) is 24.6 Å². The van der Waals surface area contributed by atoms with E-state index in [0.29, 0.717) is 24.2 Å². The molecule has 1 aliphatic carbocycles. The van der Waals surface area contributed by atoms with E-state index in [1.54, 1.807) is 18.2 Å². The van der Waals surface area contributed by atoms with Crippen molar-refractivity contribution in [1.82, 2.24) is 5.32 Å². The number of aliphatic hydroxyl groups excluding tert-OH is 1. The minimum absolute atomic E-state index is 0.0541. The Morgan fingerprint density at radius 2 is 2.22 bits per heavy atom. The van der Waals surface area contributed by atoms with Crippen molar-refractivity contribution in [2.45, 2.75) is 19.4 Å². The van der Waals surface area contributed by atoms with Gasteiger partial charge >= 0.3 is 6.09 Å². The Balaban J connectivity index is 1.75. The highest BCUT2D eigenvalue weighted by molar-refractivity contribution is 6.03. The summed E-state index contributed by atoms with van der Waals surface area (Å²) in [5, 5.41) is 11.9. The molecule has 122 valence electrons. The van der Waals surface area contributed by atoms with Crippen LogP contribution in [-0.4, -0.2) is 48.7 Å². The van der Waals surface area contributed by atoms with Crippen molar-refractivity contribution >= 4 is 23.5 Å². The SMILES string of the molecule is CC(=O)NC[C@H]1CN(c2ccc3c(c2)C[C@H](CO)C3=O)C(=O)O1. The molecule has 0 unspecified atom stereocenters. The average molecular weight is 318 g/mol. The third-order valence-electron chi connectivity index (χ3n) is 4.18. The molecule has 2 aliphatic rings. The number of cyclic esters (lactones) is 1. The highest BCUT2D eigenvalue weighted by atomic mass is 16.6. The number of Topliss-reactive ketones (excluding diaryl/α,β-unsaturated/α-hetero) is 1. The van der Waals surface area contributed by atoms with E-state index < -0.39 is 18.1 Å². The Morgan fingerprint density at radius 1 is 1.43 bits per heavy atom. The zero-order chi connectivity index (χ0) is 16.6. The quantitative estimate of drug-likeness (QED) is 0.842. The van der Waals surface area contributed by atoms with E-state index >= 15 is 0 Å². The average Bonchev–Trinajstić information content (AvgIpc) is 3.05. The Hall–Kier alpha value is -2.41. The summed E-state index contributed by atoms with van der Waals surface area (Å²) in [6.07, 6.45) is -0.383. The number of carbonyl (C=O) groups excluding carboxylic acids is 3. The predicted octanol–water partition coefficient (Wildman–Crippen LogP) is 0.495. The molecule has 2 N–H and O–H groups in total. The van der Waals surface area contributed by atoms with Crippen molar-refractivity contribution in [3.05, 3.63) is 29.3 Å². The predicted molar refractivity (Wildman–Crippen MR) is 81.4 cm³/mol. The molecule has 1 fully saturated rings. The van der Waals surface area contributed by atoms with Crippen LogP contribution in [0.15, 0.2) is 18.2 Å². The van der Waals surface area contributed by atoms with Crippen molar-refractivity contribution in [1.29, 1.82) is 0 Å². The number of amides is 2. The van der Waals surface area contributed by atoms with Crippen LogP contribution < -0.4 is 10.2 Å². The molecule has 1 heterocycles. The van der Waals surface area contributed by atoms with Gasteiger partial charge in [0.2, 0.25) is 5.91 Å². The molecule has 3 rings (SSSR count). The number of carbonyl (C=O) groups is 3. The van der Waals surface area contributed by atoms with Crippen molar-refractivity contribution in [3.63, 3.8) is 0 Å². The molecule has 7 heteroatoms. The fraction of sp³-hybridized carbons (Fsp3) is 0.438. The van der Waals surface area contributed by atoms with Crippen molar-refractivity contribution in [2.24, 2.45) is 5.92 Å². The Morgan fingerprint density at radius 3 is 2.91 bits per heavy atom. The first-order chi connectivity index (χ1) is 11.0. The van der Waals surface area contributed by atoms with Crippen LogP contribution in [0.3, 0.4) is 0 Å². The second-order valence-corrected chi connectivity index (χ2v) is 5.84. The molecule has 1 saturated heterocycles. The first-order valence-corrected chi connectivity index (χ1v) is 7.50. The molecular weight excluding hydrogens is 300 g/mol. The van der Waals surface area contributed by atoms with Gasteiger partial charge in [0.25, 0.3) is 0 Å². The maximum atomic E-state index is 12.0. The molecule has 1 aliphatic heterocycles. The van der Waals surface area contributed by atoms with Crippen LogP contribution in [0, 0.1) is 5.92 Å². The second-order valence-electron chi connectivity index (χ2n) is 5.84. The van der Waals surface area contributed by atoms with E-state index in [1.807, 2.05) is 0 Å². The van der Waals surface area contributed by atoms with Gasteiger partial charge in [-0.15, -0.1) is 0 Å². The van der Waals surface area contributed by atoms with Gasteiger partial charge in [0.15, 0.2) is 5.78 Å². The van der Waals surface area contributed by atoms with Gasteiger partial charge in [0.05, 0.1) is 19.7 Å². The summed E-state index contributed by atoms with van der Waals surface area (Å²) in [4.78, 5) is 36.4. The number of fused-ring (bicyclic) bond motifs is 1. The van der Waals surface area contributed by atoms with Crippen LogP contribution in [0.2, 0.25) is 0 Å². The fourth-order valence-corrected chi connectivity index (χ4v) is 2.98. The van der Waals surface area contributed by atoms with E-state index in [-0.39, 0.29) is 24.8 Å². The zero-order valence-electron chi connectivity index (χ0n) is 12.7. The van der Waals surface area contributed by atoms with E-state index in [9.17, 15) is 19.5 Å². The van der Waals surface area contributed by atoms with E-state index in [2.05, 4.69) is 5.32 Å². The molecule has 7 nitrogen and oxygen atoms in total. The van der Waals surface area contributed by atoms with Gasteiger partial charge in [0, 0.05) is 24.1 Å². The summed E-state index contributed by atoms with van der Waals surface area (Å²) in [6, 6.07) is 5.19. The molecule has 23 heavy (non-hydrogen) atoms. The van der Waals surface area contributed by atoms with Gasteiger partial charge in [-0.05, 0) is 30.2 Å². The van der Waals surface area contributed by atoms with Gasteiger partial charge in [-0.3, -0.25) is 14.5 Å². The normalized spacial score (nSPS) is 23.0. The smallest absolute Gasteiger partial charge is 0.414 e. The van der Waals surface area contributed by atoms with Gasteiger partial charge in [-0.25, -0.2) is 4.79 Å². The van der Waals surface area contributed by atoms with Crippen LogP contribution in [0.1, 0.15) is 22.8 Å². The maximum absolute atomic E-state index is 12.0. The topological polar surface area (TPSA) is 95.9 Å². The molecule has 0 spiro atoms. The van der Waals surface area contributed by atoms with Crippen LogP contribution >= 0.6 is 0 Å². The number of anilines is 1. The molecule has 1 aromatic carbocycles. The summed E-state index contributed by atoms with van der Waals surface area (Å²) in [6.45, 7) is 1.85. The number of benzene rings is 1. The van der Waals surface area contributed by atoms with Crippen molar-refractivity contribution < 1.29 is 24.2 Å². The van der Waals surface area contributed by atoms with Gasteiger partial charge in [-0.2, -0.15) is 0 Å². The molecule has 2 atom stereocenters. The third-order valence-corrected chi connectivity index (χ3v) is 4.18. The van der Waals surface area contributed by atoms with Crippen LogP contribution in [0.5, 0.6) is 0 Å². The van der Waals surface area contributed by atoms with Crippen LogP contribution in [-0.2, 0) is 16.0 Å². The highest BCUT2D eigenvalue weighted by Crippen LogP contribution is 2.31. The number of nitrogens with zero attached hydrogens (tertiary/aromatic N) is 1. The lowest BCUT2D eigenvalue weighted by molar-refractivity contribution is -0.119. The van der Waals surface area contributed by atoms with Crippen LogP contribution in [0.25, 0.3) is 0 Å². The Bertz CT molecular complexity index is 672. The number of ether oxygens (including phenoxy) is 1. The fourth-order valence-electron chi connectivity index (χ4n) is 2.98. The summed E-state index contributed by atoms with van der Waals surface area (Å²) >= 11 is 0. The Kier molecular flexibility index (Phi) is 4.04. The number of hydrogen-bond donors (Lipinski definition) is 2.